The number of carbonyl (C=O) groups is 1. The topological polar surface area (TPSA) is 128 Å². The van der Waals surface area contributed by atoms with Gasteiger partial charge in [0, 0.05) is 29.1 Å². The molecule has 3 rings (SSSR count). The fourth-order valence-electron chi connectivity index (χ4n) is 2.23. The predicted octanol–water partition coefficient (Wildman–Crippen LogP) is 3.88. The first-order valence-corrected chi connectivity index (χ1v) is 8.09. The van der Waals surface area contributed by atoms with Crippen molar-refractivity contribution in [1.29, 1.82) is 0 Å². The predicted molar refractivity (Wildman–Crippen MR) is 95.3 cm³/mol. The number of anilines is 1. The van der Waals surface area contributed by atoms with Crippen molar-refractivity contribution in [3.8, 4) is 11.3 Å². The van der Waals surface area contributed by atoms with Crippen molar-refractivity contribution in [1.82, 2.24) is 4.98 Å². The molecule has 0 spiro atoms. The van der Waals surface area contributed by atoms with Gasteiger partial charge in [0.05, 0.1) is 15.5 Å². The zero-order valence-electron chi connectivity index (χ0n) is 13.0. The molecule has 0 unspecified atom stereocenters. The van der Waals surface area contributed by atoms with E-state index in [1.165, 1.54) is 36.4 Å². The maximum Gasteiger partial charge on any atom is 0.282 e. The Hall–Kier alpha value is -3.66. The van der Waals surface area contributed by atoms with Crippen LogP contribution in [0.1, 0.15) is 10.4 Å². The molecule has 0 saturated heterocycles. The Bertz CT molecular complexity index is 1020. The summed E-state index contributed by atoms with van der Waals surface area (Å²) in [6, 6.07) is 11.5. The summed E-state index contributed by atoms with van der Waals surface area (Å²) < 4.78 is 0. The molecule has 0 saturated carbocycles. The van der Waals surface area contributed by atoms with Gasteiger partial charge >= 0.3 is 0 Å². The number of amides is 1. The Kier molecular flexibility index (Phi) is 4.67. The van der Waals surface area contributed by atoms with Crippen molar-refractivity contribution >= 4 is 33.8 Å². The normalized spacial score (nSPS) is 10.3. The Morgan fingerprint density at radius 3 is 2.54 bits per heavy atom. The first-order chi connectivity index (χ1) is 12.5. The van der Waals surface area contributed by atoms with Crippen molar-refractivity contribution in [3.05, 3.63) is 79.7 Å². The molecule has 0 radical (unpaired) electrons. The lowest BCUT2D eigenvalue weighted by atomic mass is 10.1. The van der Waals surface area contributed by atoms with Crippen molar-refractivity contribution in [3.63, 3.8) is 0 Å². The molecule has 1 heterocycles. The highest BCUT2D eigenvalue weighted by atomic mass is 32.1. The second-order valence-electron chi connectivity index (χ2n) is 5.07. The Balaban J connectivity index is 1.83. The molecule has 9 nitrogen and oxygen atoms in total. The van der Waals surface area contributed by atoms with Gasteiger partial charge in [0.25, 0.3) is 17.3 Å². The lowest BCUT2D eigenvalue weighted by molar-refractivity contribution is -0.385. The number of nitrogens with zero attached hydrogens (tertiary/aromatic N) is 3. The first-order valence-electron chi connectivity index (χ1n) is 7.21. The highest BCUT2D eigenvalue weighted by Gasteiger charge is 2.20. The molecule has 0 aliphatic heterocycles. The van der Waals surface area contributed by atoms with E-state index >= 15 is 0 Å². The van der Waals surface area contributed by atoms with Crippen molar-refractivity contribution < 1.29 is 14.6 Å². The highest BCUT2D eigenvalue weighted by Crippen LogP contribution is 2.28. The Morgan fingerprint density at radius 2 is 1.81 bits per heavy atom. The zero-order valence-corrected chi connectivity index (χ0v) is 13.8. The van der Waals surface area contributed by atoms with Gasteiger partial charge in [0.15, 0.2) is 5.13 Å². The number of nitro benzene ring substituents is 2. The Morgan fingerprint density at radius 1 is 1.04 bits per heavy atom. The maximum absolute atomic E-state index is 12.3. The van der Waals surface area contributed by atoms with Crippen LogP contribution >= 0.6 is 11.3 Å². The van der Waals surface area contributed by atoms with Crippen LogP contribution in [0.5, 0.6) is 0 Å². The minimum absolute atomic E-state index is 0.0685. The van der Waals surface area contributed by atoms with Gasteiger partial charge in [-0.2, -0.15) is 0 Å². The molecule has 0 atom stereocenters. The molecular weight excluding hydrogens is 360 g/mol. The third-order valence-electron chi connectivity index (χ3n) is 3.42. The standard InChI is InChI=1S/C16H10N4O5S/c21-15(12-6-1-2-7-14(12)20(24)25)18-16-17-13(9-26-16)10-4-3-5-11(8-10)19(22)23/h1-9H,(H,17,18,21). The quantitative estimate of drug-likeness (QED) is 0.536. The number of nitro groups is 2. The number of para-hydroxylation sites is 1. The summed E-state index contributed by atoms with van der Waals surface area (Å²) in [5.74, 6) is -0.655. The van der Waals surface area contributed by atoms with E-state index in [1.54, 1.807) is 17.5 Å². The van der Waals surface area contributed by atoms with Gasteiger partial charge in [0.2, 0.25) is 0 Å². The molecule has 3 aromatic rings. The number of non-ortho nitro benzene ring substituents is 1. The fraction of sp³-hybridized carbons (Fsp3) is 0. The van der Waals surface area contributed by atoms with E-state index in [1.807, 2.05) is 0 Å². The summed E-state index contributed by atoms with van der Waals surface area (Å²) >= 11 is 1.11. The minimum atomic E-state index is -0.655. The van der Waals surface area contributed by atoms with Gasteiger partial charge < -0.3 is 0 Å². The summed E-state index contributed by atoms with van der Waals surface area (Å²) in [5.41, 5.74) is 0.532. The third-order valence-corrected chi connectivity index (χ3v) is 4.18. The van der Waals surface area contributed by atoms with Crippen LogP contribution in [0, 0.1) is 20.2 Å². The van der Waals surface area contributed by atoms with Crippen LogP contribution in [0.3, 0.4) is 0 Å². The van der Waals surface area contributed by atoms with Crippen LogP contribution < -0.4 is 5.32 Å². The van der Waals surface area contributed by atoms with Gasteiger partial charge in [-0.1, -0.05) is 24.3 Å². The number of thiazole rings is 1. The van der Waals surface area contributed by atoms with E-state index in [2.05, 4.69) is 10.3 Å². The SMILES string of the molecule is O=C(Nc1nc(-c2cccc([N+](=O)[O-])c2)cs1)c1ccccc1[N+](=O)[O-]. The van der Waals surface area contributed by atoms with E-state index in [0.717, 1.165) is 11.3 Å². The number of nitrogens with one attached hydrogen (secondary N) is 1. The molecular formula is C16H10N4O5S. The summed E-state index contributed by atoms with van der Waals surface area (Å²) in [7, 11) is 0. The second-order valence-corrected chi connectivity index (χ2v) is 5.93. The molecule has 130 valence electrons. The van der Waals surface area contributed by atoms with Crippen LogP contribution in [0.15, 0.2) is 53.9 Å². The molecule has 0 aliphatic rings. The van der Waals surface area contributed by atoms with E-state index in [0.29, 0.717) is 11.3 Å². The molecule has 0 bridgehead atoms. The molecule has 10 heteroatoms. The Labute approximate surface area is 150 Å². The van der Waals surface area contributed by atoms with Gasteiger partial charge in [-0.05, 0) is 6.07 Å². The van der Waals surface area contributed by atoms with E-state index in [-0.39, 0.29) is 22.1 Å². The molecule has 1 amide bonds. The second kappa shape index (κ2) is 7.07. The van der Waals surface area contributed by atoms with E-state index in [9.17, 15) is 25.0 Å². The van der Waals surface area contributed by atoms with E-state index < -0.39 is 15.8 Å². The van der Waals surface area contributed by atoms with Crippen LogP contribution in [-0.2, 0) is 0 Å². The van der Waals surface area contributed by atoms with Gasteiger partial charge in [0.1, 0.15) is 5.56 Å². The number of carbonyl (C=O) groups excluding carboxylic acids is 1. The van der Waals surface area contributed by atoms with Gasteiger partial charge in [-0.3, -0.25) is 30.3 Å². The molecule has 1 N–H and O–H groups in total. The van der Waals surface area contributed by atoms with Crippen LogP contribution in [0.4, 0.5) is 16.5 Å². The van der Waals surface area contributed by atoms with Crippen LogP contribution in [0.2, 0.25) is 0 Å². The lowest BCUT2D eigenvalue weighted by Crippen LogP contribution is -2.13. The number of aromatic nitrogens is 1. The van der Waals surface area contributed by atoms with Crippen LogP contribution in [-0.4, -0.2) is 20.7 Å². The lowest BCUT2D eigenvalue weighted by Gasteiger charge is -2.02. The van der Waals surface area contributed by atoms with Gasteiger partial charge in [-0.25, -0.2) is 4.98 Å². The van der Waals surface area contributed by atoms with Crippen LogP contribution in [0.25, 0.3) is 11.3 Å². The largest absolute Gasteiger partial charge is 0.298 e. The van der Waals surface area contributed by atoms with Crippen molar-refractivity contribution in [2.75, 3.05) is 5.32 Å². The van der Waals surface area contributed by atoms with E-state index in [4.69, 9.17) is 0 Å². The molecule has 0 fully saturated rings. The number of hydrogen-bond acceptors (Lipinski definition) is 7. The summed E-state index contributed by atoms with van der Waals surface area (Å²) in [6.07, 6.45) is 0. The average Bonchev–Trinajstić information content (AvgIpc) is 3.10. The summed E-state index contributed by atoms with van der Waals surface area (Å²) in [4.78, 5) is 37.2. The maximum atomic E-state index is 12.3. The number of hydrogen-bond donors (Lipinski definition) is 1. The summed E-state index contributed by atoms with van der Waals surface area (Å²) in [6.45, 7) is 0. The number of rotatable bonds is 5. The van der Waals surface area contributed by atoms with Gasteiger partial charge in [-0.15, -0.1) is 11.3 Å². The smallest absolute Gasteiger partial charge is 0.282 e. The third kappa shape index (κ3) is 3.54. The monoisotopic (exact) mass is 370 g/mol. The molecule has 2 aromatic carbocycles. The molecule has 26 heavy (non-hydrogen) atoms. The van der Waals surface area contributed by atoms with Crippen molar-refractivity contribution in [2.45, 2.75) is 0 Å². The number of benzene rings is 2. The fourth-order valence-corrected chi connectivity index (χ4v) is 2.95. The highest BCUT2D eigenvalue weighted by molar-refractivity contribution is 7.14. The molecule has 1 aromatic heterocycles. The first kappa shape index (κ1) is 17.2. The minimum Gasteiger partial charge on any atom is -0.298 e. The molecule has 0 aliphatic carbocycles. The average molecular weight is 370 g/mol. The summed E-state index contributed by atoms with van der Waals surface area (Å²) in [5, 5.41) is 26.2. The van der Waals surface area contributed by atoms with Crippen molar-refractivity contribution in [2.24, 2.45) is 0 Å². The zero-order chi connectivity index (χ0) is 18.7.